The highest BCUT2D eigenvalue weighted by Gasteiger charge is 2.15. The SMILES string of the molecule is CCc1ccc(O)c(NC(=O)CCC2CCNCC2)c1. The second-order valence-electron chi connectivity index (χ2n) is 5.49. The Morgan fingerprint density at radius 1 is 1.40 bits per heavy atom. The van der Waals surface area contributed by atoms with E-state index in [1.54, 1.807) is 6.07 Å². The van der Waals surface area contributed by atoms with Gasteiger partial charge in [0.1, 0.15) is 5.75 Å². The fraction of sp³-hybridized carbons (Fsp3) is 0.562. The van der Waals surface area contributed by atoms with E-state index < -0.39 is 0 Å². The van der Waals surface area contributed by atoms with Crippen molar-refractivity contribution in [3.63, 3.8) is 0 Å². The standard InChI is InChI=1S/C16H24N2O2/c1-2-12-3-5-15(19)14(11-12)18-16(20)6-4-13-7-9-17-10-8-13/h3,5,11,13,17,19H,2,4,6-10H2,1H3,(H,18,20). The minimum absolute atomic E-state index is 0.00733. The molecule has 1 aliphatic rings. The molecular formula is C16H24N2O2. The number of amides is 1. The topological polar surface area (TPSA) is 61.4 Å². The number of hydrogen-bond acceptors (Lipinski definition) is 3. The van der Waals surface area contributed by atoms with Crippen molar-refractivity contribution in [1.29, 1.82) is 0 Å². The Balaban J connectivity index is 1.84. The van der Waals surface area contributed by atoms with Gasteiger partial charge in [-0.1, -0.05) is 13.0 Å². The smallest absolute Gasteiger partial charge is 0.224 e. The van der Waals surface area contributed by atoms with Gasteiger partial charge in [-0.2, -0.15) is 0 Å². The minimum atomic E-state index is -0.00733. The molecule has 0 spiro atoms. The maximum absolute atomic E-state index is 12.0. The molecule has 1 saturated heterocycles. The number of carbonyl (C=O) groups is 1. The van der Waals surface area contributed by atoms with Crippen LogP contribution >= 0.6 is 0 Å². The average Bonchev–Trinajstić information content (AvgIpc) is 2.48. The first kappa shape index (κ1) is 14.9. The van der Waals surface area contributed by atoms with E-state index in [4.69, 9.17) is 0 Å². The number of aryl methyl sites for hydroxylation is 1. The van der Waals surface area contributed by atoms with Gasteiger partial charge < -0.3 is 15.7 Å². The van der Waals surface area contributed by atoms with Crippen molar-refractivity contribution in [3.05, 3.63) is 23.8 Å². The molecule has 0 saturated carbocycles. The van der Waals surface area contributed by atoms with Crippen LogP contribution in [0.5, 0.6) is 5.75 Å². The lowest BCUT2D eigenvalue weighted by atomic mass is 9.93. The predicted octanol–water partition coefficient (Wildman–Crippen LogP) is 2.67. The third kappa shape index (κ3) is 4.23. The van der Waals surface area contributed by atoms with E-state index in [1.807, 2.05) is 12.1 Å². The summed E-state index contributed by atoms with van der Waals surface area (Å²) in [5.41, 5.74) is 1.64. The third-order valence-corrected chi connectivity index (χ3v) is 3.98. The Kier molecular flexibility index (Phi) is 5.41. The first-order chi connectivity index (χ1) is 9.69. The number of carbonyl (C=O) groups excluding carboxylic acids is 1. The molecule has 2 rings (SSSR count). The lowest BCUT2D eigenvalue weighted by Gasteiger charge is -2.22. The van der Waals surface area contributed by atoms with Crippen LogP contribution in [0.3, 0.4) is 0 Å². The summed E-state index contributed by atoms with van der Waals surface area (Å²) in [6, 6.07) is 5.36. The molecule has 1 aliphatic heterocycles. The van der Waals surface area contributed by atoms with Crippen LogP contribution in [0.1, 0.15) is 38.2 Å². The molecule has 0 atom stereocenters. The molecule has 0 bridgehead atoms. The summed E-state index contributed by atoms with van der Waals surface area (Å²) < 4.78 is 0. The van der Waals surface area contributed by atoms with E-state index in [9.17, 15) is 9.90 Å². The minimum Gasteiger partial charge on any atom is -0.506 e. The average molecular weight is 276 g/mol. The summed E-state index contributed by atoms with van der Waals surface area (Å²) in [7, 11) is 0. The van der Waals surface area contributed by atoms with Gasteiger partial charge in [0.05, 0.1) is 5.69 Å². The lowest BCUT2D eigenvalue weighted by molar-refractivity contribution is -0.116. The monoisotopic (exact) mass is 276 g/mol. The number of anilines is 1. The summed E-state index contributed by atoms with van der Waals surface area (Å²) in [5.74, 6) is 0.780. The molecule has 1 heterocycles. The summed E-state index contributed by atoms with van der Waals surface area (Å²) in [6.45, 7) is 4.17. The molecule has 1 aromatic rings. The van der Waals surface area contributed by atoms with Crippen molar-refractivity contribution in [3.8, 4) is 5.75 Å². The molecule has 4 nitrogen and oxygen atoms in total. The zero-order chi connectivity index (χ0) is 14.4. The van der Waals surface area contributed by atoms with E-state index in [-0.39, 0.29) is 11.7 Å². The number of aromatic hydroxyl groups is 1. The number of phenolic OH excluding ortho intramolecular Hbond substituents is 1. The zero-order valence-electron chi connectivity index (χ0n) is 12.1. The number of nitrogens with one attached hydrogen (secondary N) is 2. The van der Waals surface area contributed by atoms with Crippen LogP contribution in [0.15, 0.2) is 18.2 Å². The highest BCUT2D eigenvalue weighted by Crippen LogP contribution is 2.25. The Hall–Kier alpha value is -1.55. The van der Waals surface area contributed by atoms with E-state index in [2.05, 4.69) is 17.6 Å². The van der Waals surface area contributed by atoms with E-state index in [1.165, 1.54) is 0 Å². The van der Waals surface area contributed by atoms with Gasteiger partial charge >= 0.3 is 0 Å². The van der Waals surface area contributed by atoms with Gasteiger partial charge in [0.25, 0.3) is 0 Å². The fourth-order valence-electron chi connectivity index (χ4n) is 2.62. The van der Waals surface area contributed by atoms with Crippen molar-refractivity contribution in [2.45, 2.75) is 39.0 Å². The first-order valence-electron chi connectivity index (χ1n) is 7.51. The maximum Gasteiger partial charge on any atom is 0.224 e. The maximum atomic E-state index is 12.0. The van der Waals surface area contributed by atoms with Crippen LogP contribution in [-0.2, 0) is 11.2 Å². The van der Waals surface area contributed by atoms with E-state index in [0.29, 0.717) is 18.0 Å². The normalized spacial score (nSPS) is 16.1. The summed E-state index contributed by atoms with van der Waals surface area (Å²) in [6.07, 6.45) is 4.66. The number of rotatable bonds is 5. The molecule has 1 fully saturated rings. The Bertz CT molecular complexity index is 454. The molecule has 20 heavy (non-hydrogen) atoms. The van der Waals surface area contributed by atoms with Gasteiger partial charge in [-0.15, -0.1) is 0 Å². The summed E-state index contributed by atoms with van der Waals surface area (Å²) in [4.78, 5) is 12.0. The number of piperidine rings is 1. The van der Waals surface area contributed by atoms with Crippen LogP contribution < -0.4 is 10.6 Å². The van der Waals surface area contributed by atoms with Crippen molar-refractivity contribution in [2.75, 3.05) is 18.4 Å². The third-order valence-electron chi connectivity index (χ3n) is 3.98. The molecule has 0 aromatic heterocycles. The Morgan fingerprint density at radius 2 is 2.15 bits per heavy atom. The Labute approximate surface area is 120 Å². The van der Waals surface area contributed by atoms with Crippen LogP contribution in [0.25, 0.3) is 0 Å². The predicted molar refractivity (Wildman–Crippen MR) is 80.9 cm³/mol. The van der Waals surface area contributed by atoms with Gasteiger partial charge in [-0.25, -0.2) is 0 Å². The molecule has 110 valence electrons. The van der Waals surface area contributed by atoms with Gasteiger partial charge in [0.2, 0.25) is 5.91 Å². The van der Waals surface area contributed by atoms with Crippen LogP contribution in [-0.4, -0.2) is 24.1 Å². The molecule has 0 aliphatic carbocycles. The number of phenols is 1. The van der Waals surface area contributed by atoms with Gasteiger partial charge in [0.15, 0.2) is 0 Å². The highest BCUT2D eigenvalue weighted by atomic mass is 16.3. The van der Waals surface area contributed by atoms with Crippen LogP contribution in [0.2, 0.25) is 0 Å². The molecule has 0 radical (unpaired) electrons. The van der Waals surface area contributed by atoms with Gasteiger partial charge in [0, 0.05) is 6.42 Å². The Morgan fingerprint density at radius 3 is 2.85 bits per heavy atom. The molecule has 4 heteroatoms. The molecule has 3 N–H and O–H groups in total. The van der Waals surface area contributed by atoms with Gasteiger partial charge in [-0.3, -0.25) is 4.79 Å². The van der Waals surface area contributed by atoms with Crippen molar-refractivity contribution >= 4 is 11.6 Å². The number of hydrogen-bond donors (Lipinski definition) is 3. The fourth-order valence-corrected chi connectivity index (χ4v) is 2.62. The lowest BCUT2D eigenvalue weighted by Crippen LogP contribution is -2.28. The second-order valence-corrected chi connectivity index (χ2v) is 5.49. The molecule has 1 amide bonds. The number of benzene rings is 1. The van der Waals surface area contributed by atoms with Crippen molar-refractivity contribution in [2.24, 2.45) is 5.92 Å². The molecular weight excluding hydrogens is 252 g/mol. The zero-order valence-corrected chi connectivity index (χ0v) is 12.1. The largest absolute Gasteiger partial charge is 0.506 e. The highest BCUT2D eigenvalue weighted by molar-refractivity contribution is 5.92. The quantitative estimate of drug-likeness (QED) is 0.725. The van der Waals surface area contributed by atoms with Crippen molar-refractivity contribution in [1.82, 2.24) is 5.32 Å². The van der Waals surface area contributed by atoms with E-state index in [0.717, 1.165) is 44.3 Å². The first-order valence-corrected chi connectivity index (χ1v) is 7.51. The second kappa shape index (κ2) is 7.29. The van der Waals surface area contributed by atoms with E-state index >= 15 is 0 Å². The van der Waals surface area contributed by atoms with Crippen LogP contribution in [0.4, 0.5) is 5.69 Å². The molecule has 0 unspecified atom stereocenters. The summed E-state index contributed by atoms with van der Waals surface area (Å²) in [5, 5.41) is 15.9. The molecule has 1 aromatic carbocycles. The van der Waals surface area contributed by atoms with Gasteiger partial charge in [-0.05, 0) is 62.4 Å². The summed E-state index contributed by atoms with van der Waals surface area (Å²) >= 11 is 0. The van der Waals surface area contributed by atoms with Crippen LogP contribution in [0, 0.1) is 5.92 Å². The van der Waals surface area contributed by atoms with Crippen molar-refractivity contribution < 1.29 is 9.90 Å².